The van der Waals surface area contributed by atoms with Gasteiger partial charge in [0.2, 0.25) is 5.91 Å². The fourth-order valence-corrected chi connectivity index (χ4v) is 1.72. The molecule has 16 heavy (non-hydrogen) atoms. The third-order valence-corrected chi connectivity index (χ3v) is 2.78. The van der Waals surface area contributed by atoms with Crippen molar-refractivity contribution in [2.45, 2.75) is 25.9 Å². The molecule has 6 nitrogen and oxygen atoms in total. The molecule has 1 aromatic rings. The lowest BCUT2D eigenvalue weighted by Crippen LogP contribution is -2.39. The summed E-state index contributed by atoms with van der Waals surface area (Å²) in [7, 11) is 0. The Morgan fingerprint density at radius 3 is 2.88 bits per heavy atom. The molecule has 0 radical (unpaired) electrons. The molecule has 1 aromatic heterocycles. The van der Waals surface area contributed by atoms with E-state index in [-0.39, 0.29) is 12.3 Å². The third kappa shape index (κ3) is 3.59. The number of aromatic nitrogens is 1. The minimum Gasteiger partial charge on any atom is -0.480 e. The van der Waals surface area contributed by atoms with Gasteiger partial charge in [0.25, 0.3) is 0 Å². The van der Waals surface area contributed by atoms with E-state index in [2.05, 4.69) is 10.3 Å². The molecule has 0 fully saturated rings. The second kappa shape index (κ2) is 5.57. The lowest BCUT2D eigenvalue weighted by Gasteiger charge is -2.07. The van der Waals surface area contributed by atoms with E-state index in [0.29, 0.717) is 12.2 Å². The Morgan fingerprint density at radius 1 is 1.69 bits per heavy atom. The first-order valence-electron chi connectivity index (χ1n) is 4.68. The summed E-state index contributed by atoms with van der Waals surface area (Å²) in [6.45, 7) is 1.75. The van der Waals surface area contributed by atoms with Crippen molar-refractivity contribution in [2.24, 2.45) is 5.73 Å². The first-order chi connectivity index (χ1) is 7.52. The lowest BCUT2D eigenvalue weighted by atomic mass is 10.3. The van der Waals surface area contributed by atoms with Crippen LogP contribution in [0.25, 0.3) is 0 Å². The number of hydrogen-bond donors (Lipinski definition) is 3. The maximum Gasteiger partial charge on any atom is 0.325 e. The van der Waals surface area contributed by atoms with Crippen LogP contribution in [0.1, 0.15) is 17.6 Å². The molecular weight excluding hydrogens is 230 g/mol. The first-order valence-corrected chi connectivity index (χ1v) is 5.56. The van der Waals surface area contributed by atoms with Gasteiger partial charge in [0.05, 0.1) is 12.1 Å². The molecule has 0 bridgehead atoms. The van der Waals surface area contributed by atoms with Crippen molar-refractivity contribution < 1.29 is 14.7 Å². The monoisotopic (exact) mass is 243 g/mol. The summed E-state index contributed by atoms with van der Waals surface area (Å²) in [4.78, 5) is 26.0. The fraction of sp³-hybridized carbons (Fsp3) is 0.444. The molecule has 0 saturated heterocycles. The van der Waals surface area contributed by atoms with Crippen molar-refractivity contribution >= 4 is 23.2 Å². The molecule has 0 aromatic carbocycles. The van der Waals surface area contributed by atoms with E-state index in [9.17, 15) is 9.59 Å². The summed E-state index contributed by atoms with van der Waals surface area (Å²) in [6.07, 6.45) is 0.0775. The van der Waals surface area contributed by atoms with Crippen molar-refractivity contribution in [3.8, 4) is 0 Å². The van der Waals surface area contributed by atoms with Crippen LogP contribution in [0.2, 0.25) is 0 Å². The van der Waals surface area contributed by atoms with Gasteiger partial charge in [0, 0.05) is 11.9 Å². The van der Waals surface area contributed by atoms with Crippen molar-refractivity contribution in [1.29, 1.82) is 0 Å². The number of carbonyl (C=O) groups excluding carboxylic acids is 1. The zero-order valence-electron chi connectivity index (χ0n) is 8.77. The van der Waals surface area contributed by atoms with Crippen LogP contribution in [0.4, 0.5) is 0 Å². The van der Waals surface area contributed by atoms with Crippen LogP contribution >= 0.6 is 11.3 Å². The number of aliphatic carboxylic acids is 1. The minimum atomic E-state index is -1.06. The summed E-state index contributed by atoms with van der Waals surface area (Å²) in [5.41, 5.74) is 6.00. The number of nitrogens with one attached hydrogen (secondary N) is 1. The number of amides is 1. The van der Waals surface area contributed by atoms with Crippen molar-refractivity contribution in [3.63, 3.8) is 0 Å². The molecule has 88 valence electrons. The topological polar surface area (TPSA) is 105 Å². The molecule has 4 N–H and O–H groups in total. The standard InChI is InChI=1S/C9H13N3O3S/c1-5(9(14)15)11-7(13)2-6-4-16-8(3-10)12-6/h4-5H,2-3,10H2,1H3,(H,11,13)(H,14,15). The Kier molecular flexibility index (Phi) is 4.39. The second-order valence-electron chi connectivity index (χ2n) is 3.24. The van der Waals surface area contributed by atoms with Gasteiger partial charge in [-0.2, -0.15) is 0 Å². The Morgan fingerprint density at radius 2 is 2.38 bits per heavy atom. The number of thiazole rings is 1. The average Bonchev–Trinajstić information content (AvgIpc) is 2.65. The lowest BCUT2D eigenvalue weighted by molar-refractivity contribution is -0.141. The number of nitrogens with zero attached hydrogens (tertiary/aromatic N) is 1. The SMILES string of the molecule is CC(NC(=O)Cc1csc(CN)n1)C(=O)O. The summed E-state index contributed by atoms with van der Waals surface area (Å²) in [5, 5.41) is 13.4. The highest BCUT2D eigenvalue weighted by molar-refractivity contribution is 7.09. The Hall–Kier alpha value is -1.47. The van der Waals surface area contributed by atoms with E-state index in [4.69, 9.17) is 10.8 Å². The molecule has 0 aliphatic carbocycles. The normalized spacial score (nSPS) is 12.1. The van der Waals surface area contributed by atoms with E-state index in [1.54, 1.807) is 5.38 Å². The van der Waals surface area contributed by atoms with Gasteiger partial charge >= 0.3 is 5.97 Å². The van der Waals surface area contributed by atoms with Gasteiger partial charge in [-0.25, -0.2) is 4.98 Å². The van der Waals surface area contributed by atoms with Crippen LogP contribution in [0.3, 0.4) is 0 Å². The van der Waals surface area contributed by atoms with Crippen LogP contribution < -0.4 is 11.1 Å². The number of carboxylic acids is 1. The zero-order chi connectivity index (χ0) is 12.1. The predicted molar refractivity (Wildman–Crippen MR) is 58.9 cm³/mol. The molecule has 1 rings (SSSR count). The Bertz CT molecular complexity index is 391. The van der Waals surface area contributed by atoms with E-state index in [1.165, 1.54) is 18.3 Å². The van der Waals surface area contributed by atoms with Crippen molar-refractivity contribution in [3.05, 3.63) is 16.1 Å². The van der Waals surface area contributed by atoms with E-state index in [1.807, 2.05) is 0 Å². The molecule has 1 atom stereocenters. The molecule has 7 heteroatoms. The fourth-order valence-electron chi connectivity index (χ4n) is 1.04. The van der Waals surface area contributed by atoms with Gasteiger partial charge in [-0.15, -0.1) is 11.3 Å². The van der Waals surface area contributed by atoms with Crippen LogP contribution in [0, 0.1) is 0 Å². The smallest absolute Gasteiger partial charge is 0.325 e. The number of rotatable bonds is 5. The number of carboxylic acid groups (broad SMARTS) is 1. The van der Waals surface area contributed by atoms with Gasteiger partial charge in [0.15, 0.2) is 0 Å². The number of carbonyl (C=O) groups is 2. The van der Waals surface area contributed by atoms with Crippen LogP contribution in [0.15, 0.2) is 5.38 Å². The molecule has 1 unspecified atom stereocenters. The van der Waals surface area contributed by atoms with Crippen molar-refractivity contribution in [1.82, 2.24) is 10.3 Å². The van der Waals surface area contributed by atoms with Gasteiger partial charge in [-0.3, -0.25) is 9.59 Å². The third-order valence-electron chi connectivity index (χ3n) is 1.86. The maximum absolute atomic E-state index is 11.4. The molecular formula is C9H13N3O3S. The quantitative estimate of drug-likeness (QED) is 0.660. The minimum absolute atomic E-state index is 0.0775. The maximum atomic E-state index is 11.4. The average molecular weight is 243 g/mol. The molecule has 0 aliphatic rings. The van der Waals surface area contributed by atoms with Crippen LogP contribution in [-0.4, -0.2) is 28.0 Å². The highest BCUT2D eigenvalue weighted by Gasteiger charge is 2.14. The van der Waals surface area contributed by atoms with Crippen LogP contribution in [-0.2, 0) is 22.6 Å². The zero-order valence-corrected chi connectivity index (χ0v) is 9.58. The van der Waals surface area contributed by atoms with Gasteiger partial charge < -0.3 is 16.2 Å². The first kappa shape index (κ1) is 12.6. The molecule has 1 amide bonds. The number of nitrogens with two attached hydrogens (primary N) is 1. The number of hydrogen-bond acceptors (Lipinski definition) is 5. The highest BCUT2D eigenvalue weighted by Crippen LogP contribution is 2.09. The Balaban J connectivity index is 2.48. The van der Waals surface area contributed by atoms with Gasteiger partial charge in [-0.05, 0) is 6.92 Å². The summed E-state index contributed by atoms with van der Waals surface area (Å²) in [5.74, 6) is -1.42. The summed E-state index contributed by atoms with van der Waals surface area (Å²) < 4.78 is 0. The summed E-state index contributed by atoms with van der Waals surface area (Å²) >= 11 is 1.38. The predicted octanol–water partition coefficient (Wildman–Crippen LogP) is -0.266. The highest BCUT2D eigenvalue weighted by atomic mass is 32.1. The molecule has 0 aliphatic heterocycles. The van der Waals surface area contributed by atoms with Gasteiger partial charge in [0.1, 0.15) is 11.0 Å². The van der Waals surface area contributed by atoms with E-state index < -0.39 is 12.0 Å². The largest absolute Gasteiger partial charge is 0.480 e. The second-order valence-corrected chi connectivity index (χ2v) is 4.18. The molecule has 0 spiro atoms. The van der Waals surface area contributed by atoms with Gasteiger partial charge in [-0.1, -0.05) is 0 Å². The Labute approximate surface area is 96.5 Å². The van der Waals surface area contributed by atoms with E-state index >= 15 is 0 Å². The molecule has 0 saturated carbocycles. The van der Waals surface area contributed by atoms with E-state index in [0.717, 1.165) is 5.01 Å². The van der Waals surface area contributed by atoms with Crippen LogP contribution in [0.5, 0.6) is 0 Å². The molecule has 1 heterocycles. The van der Waals surface area contributed by atoms with Crippen molar-refractivity contribution in [2.75, 3.05) is 0 Å². The summed E-state index contributed by atoms with van der Waals surface area (Å²) in [6, 6.07) is -0.889.